The van der Waals surface area contributed by atoms with Crippen molar-refractivity contribution in [1.29, 1.82) is 0 Å². The van der Waals surface area contributed by atoms with Gasteiger partial charge in [-0.05, 0) is 24.6 Å². The van der Waals surface area contributed by atoms with E-state index in [9.17, 15) is 8.78 Å². The second-order valence-corrected chi connectivity index (χ2v) is 2.94. The van der Waals surface area contributed by atoms with Gasteiger partial charge in [-0.25, -0.2) is 8.78 Å². The summed E-state index contributed by atoms with van der Waals surface area (Å²) in [4.78, 5) is 0. The number of benzene rings is 1. The zero-order chi connectivity index (χ0) is 9.30. The molecule has 0 aliphatic carbocycles. The summed E-state index contributed by atoms with van der Waals surface area (Å²) in [6.07, 6.45) is 0. The summed E-state index contributed by atoms with van der Waals surface area (Å²) in [6, 6.07) is 2.14. The molecular weight excluding hydrogens is 182 g/mol. The molecule has 0 saturated heterocycles. The first-order chi connectivity index (χ1) is 5.52. The van der Waals surface area contributed by atoms with E-state index in [1.807, 2.05) is 0 Å². The van der Waals surface area contributed by atoms with Crippen molar-refractivity contribution < 1.29 is 8.78 Å². The summed E-state index contributed by atoms with van der Waals surface area (Å²) in [5.74, 6) is -1.03. The van der Waals surface area contributed by atoms with Crippen LogP contribution in [-0.2, 0) is 0 Å². The minimum atomic E-state index is -0.547. The molecule has 0 unspecified atom stereocenters. The summed E-state index contributed by atoms with van der Waals surface area (Å²) < 4.78 is 25.8. The quantitative estimate of drug-likeness (QED) is 0.633. The van der Waals surface area contributed by atoms with E-state index in [4.69, 9.17) is 11.6 Å². The number of aryl methyl sites for hydroxylation is 1. The molecule has 0 atom stereocenters. The maximum Gasteiger partial charge on any atom is 0.132 e. The minimum absolute atomic E-state index is 0.00593. The number of hydrogen-bond donors (Lipinski definition) is 0. The molecular formula is C9H7ClF2. The van der Waals surface area contributed by atoms with Gasteiger partial charge in [0.1, 0.15) is 11.6 Å². The number of hydrogen-bond acceptors (Lipinski definition) is 0. The van der Waals surface area contributed by atoms with Crippen molar-refractivity contribution in [3.63, 3.8) is 0 Å². The van der Waals surface area contributed by atoms with Crippen LogP contribution in [0.15, 0.2) is 18.7 Å². The van der Waals surface area contributed by atoms with Gasteiger partial charge in [-0.1, -0.05) is 18.2 Å². The highest BCUT2D eigenvalue weighted by molar-refractivity contribution is 6.48. The number of halogens is 3. The summed E-state index contributed by atoms with van der Waals surface area (Å²) in [6.45, 7) is 4.80. The fraction of sp³-hybridized carbons (Fsp3) is 0.111. The summed E-state index contributed by atoms with van der Waals surface area (Å²) >= 11 is 5.43. The fourth-order valence-corrected chi connectivity index (χ4v) is 0.999. The van der Waals surface area contributed by atoms with E-state index in [-0.39, 0.29) is 16.2 Å². The van der Waals surface area contributed by atoms with Crippen LogP contribution in [0.5, 0.6) is 0 Å². The van der Waals surface area contributed by atoms with Crippen LogP contribution in [0.4, 0.5) is 8.78 Å². The highest BCUT2D eigenvalue weighted by atomic mass is 35.5. The predicted molar refractivity (Wildman–Crippen MR) is 46.0 cm³/mol. The summed E-state index contributed by atoms with van der Waals surface area (Å²) in [5, 5.41) is 0.00593. The van der Waals surface area contributed by atoms with Gasteiger partial charge in [-0.2, -0.15) is 0 Å². The van der Waals surface area contributed by atoms with Crippen molar-refractivity contribution in [2.45, 2.75) is 6.92 Å². The molecule has 0 aromatic heterocycles. The molecule has 0 heterocycles. The molecule has 0 N–H and O–H groups in total. The first-order valence-electron chi connectivity index (χ1n) is 3.33. The Morgan fingerprint density at radius 2 is 1.92 bits per heavy atom. The van der Waals surface area contributed by atoms with Gasteiger partial charge in [-0.15, -0.1) is 0 Å². The summed E-state index contributed by atoms with van der Waals surface area (Å²) in [7, 11) is 0. The minimum Gasteiger partial charge on any atom is -0.207 e. The fourth-order valence-electron chi connectivity index (χ4n) is 0.854. The van der Waals surface area contributed by atoms with Crippen molar-refractivity contribution >= 4 is 16.6 Å². The molecule has 0 spiro atoms. The Labute approximate surface area is 74.5 Å². The molecule has 0 bridgehead atoms. The Morgan fingerprint density at radius 1 is 1.33 bits per heavy atom. The molecule has 0 aliphatic rings. The van der Waals surface area contributed by atoms with E-state index in [0.717, 1.165) is 12.1 Å². The maximum absolute atomic E-state index is 13.0. The van der Waals surface area contributed by atoms with E-state index in [2.05, 4.69) is 6.58 Å². The SMILES string of the molecule is C=C(Cl)c1cc(F)c(C)cc1F. The Morgan fingerprint density at radius 3 is 2.42 bits per heavy atom. The molecule has 0 aliphatic heterocycles. The maximum atomic E-state index is 13.0. The van der Waals surface area contributed by atoms with Gasteiger partial charge in [0.2, 0.25) is 0 Å². The van der Waals surface area contributed by atoms with Crippen LogP contribution in [0.25, 0.3) is 5.03 Å². The lowest BCUT2D eigenvalue weighted by atomic mass is 10.1. The molecule has 12 heavy (non-hydrogen) atoms. The average molecular weight is 189 g/mol. The van der Waals surface area contributed by atoms with Gasteiger partial charge in [0.05, 0.1) is 0 Å². The molecule has 3 heteroatoms. The third-order valence-corrected chi connectivity index (χ3v) is 1.74. The monoisotopic (exact) mass is 188 g/mol. The van der Waals surface area contributed by atoms with Crippen molar-refractivity contribution in [2.24, 2.45) is 0 Å². The van der Waals surface area contributed by atoms with Crippen molar-refractivity contribution in [1.82, 2.24) is 0 Å². The van der Waals surface area contributed by atoms with Crippen LogP contribution in [-0.4, -0.2) is 0 Å². The lowest BCUT2D eigenvalue weighted by molar-refractivity contribution is 0.590. The predicted octanol–water partition coefficient (Wildman–Crippen LogP) is 3.48. The molecule has 1 aromatic rings. The van der Waals surface area contributed by atoms with E-state index < -0.39 is 11.6 Å². The molecule has 0 nitrogen and oxygen atoms in total. The van der Waals surface area contributed by atoms with Crippen LogP contribution >= 0.6 is 11.6 Å². The lowest BCUT2D eigenvalue weighted by Gasteiger charge is -2.02. The van der Waals surface area contributed by atoms with Crippen LogP contribution in [0, 0.1) is 18.6 Å². The number of rotatable bonds is 1. The first kappa shape index (κ1) is 9.20. The molecule has 1 rings (SSSR count). The smallest absolute Gasteiger partial charge is 0.132 e. The van der Waals surface area contributed by atoms with Crippen LogP contribution in [0.2, 0.25) is 0 Å². The van der Waals surface area contributed by atoms with Crippen molar-refractivity contribution in [2.75, 3.05) is 0 Å². The van der Waals surface area contributed by atoms with Gasteiger partial charge < -0.3 is 0 Å². The highest BCUT2D eigenvalue weighted by Crippen LogP contribution is 2.22. The van der Waals surface area contributed by atoms with Crippen LogP contribution in [0.3, 0.4) is 0 Å². The zero-order valence-corrected chi connectivity index (χ0v) is 7.25. The Bertz CT molecular complexity index is 332. The standard InChI is InChI=1S/C9H7ClF2/c1-5-3-9(12)7(6(2)10)4-8(5)11/h3-4H,2H2,1H3. The Hall–Kier alpha value is -0.890. The second kappa shape index (κ2) is 3.23. The Balaban J connectivity index is 3.33. The lowest BCUT2D eigenvalue weighted by Crippen LogP contribution is -1.90. The van der Waals surface area contributed by atoms with Crippen molar-refractivity contribution in [3.05, 3.63) is 41.5 Å². The zero-order valence-electron chi connectivity index (χ0n) is 6.50. The third kappa shape index (κ3) is 1.64. The highest BCUT2D eigenvalue weighted by Gasteiger charge is 2.07. The topological polar surface area (TPSA) is 0 Å². The van der Waals surface area contributed by atoms with Crippen LogP contribution in [0.1, 0.15) is 11.1 Å². The third-order valence-electron chi connectivity index (χ3n) is 1.54. The van der Waals surface area contributed by atoms with E-state index in [1.165, 1.54) is 6.92 Å². The van der Waals surface area contributed by atoms with Gasteiger partial charge in [0, 0.05) is 10.6 Å². The van der Waals surface area contributed by atoms with Gasteiger partial charge >= 0.3 is 0 Å². The van der Waals surface area contributed by atoms with E-state index in [0.29, 0.717) is 0 Å². The normalized spacial score (nSPS) is 10.0. The van der Waals surface area contributed by atoms with Gasteiger partial charge in [0.25, 0.3) is 0 Å². The largest absolute Gasteiger partial charge is 0.207 e. The average Bonchev–Trinajstić information content (AvgIpc) is 1.96. The van der Waals surface area contributed by atoms with Crippen LogP contribution < -0.4 is 0 Å². The molecule has 0 fully saturated rings. The molecule has 0 saturated carbocycles. The molecule has 64 valence electrons. The van der Waals surface area contributed by atoms with Gasteiger partial charge in [-0.3, -0.25) is 0 Å². The Kier molecular flexibility index (Phi) is 2.48. The van der Waals surface area contributed by atoms with Gasteiger partial charge in [0.15, 0.2) is 0 Å². The molecule has 0 radical (unpaired) electrons. The first-order valence-corrected chi connectivity index (χ1v) is 3.70. The summed E-state index contributed by atoms with van der Waals surface area (Å²) in [5.41, 5.74) is 0.272. The molecule has 1 aromatic carbocycles. The van der Waals surface area contributed by atoms with E-state index in [1.54, 1.807) is 0 Å². The second-order valence-electron chi connectivity index (χ2n) is 2.49. The molecule has 0 amide bonds. The van der Waals surface area contributed by atoms with E-state index >= 15 is 0 Å². The van der Waals surface area contributed by atoms with Crippen molar-refractivity contribution in [3.8, 4) is 0 Å².